The number of hydrogen-bond donors (Lipinski definition) is 1. The van der Waals surface area contributed by atoms with Crippen molar-refractivity contribution in [1.29, 1.82) is 0 Å². The van der Waals surface area contributed by atoms with E-state index in [1.54, 1.807) is 0 Å². The molecule has 2 aromatic rings. The molecule has 5 heteroatoms. The predicted octanol–water partition coefficient (Wildman–Crippen LogP) is 2.06. The zero-order valence-electron chi connectivity index (χ0n) is 11.8. The van der Waals surface area contributed by atoms with Gasteiger partial charge in [0.1, 0.15) is 5.69 Å². The highest BCUT2D eigenvalue weighted by Gasteiger charge is 2.28. The smallest absolute Gasteiger partial charge is 0.254 e. The van der Waals surface area contributed by atoms with Crippen LogP contribution in [-0.2, 0) is 13.0 Å². The zero-order valence-corrected chi connectivity index (χ0v) is 11.8. The van der Waals surface area contributed by atoms with Gasteiger partial charge >= 0.3 is 0 Å². The lowest BCUT2D eigenvalue weighted by molar-refractivity contribution is 0.0731. The molecule has 0 bridgehead atoms. The van der Waals surface area contributed by atoms with Crippen LogP contribution in [0.15, 0.2) is 18.2 Å². The maximum Gasteiger partial charge on any atom is 0.254 e. The number of hydrogen-bond acceptors (Lipinski definition) is 3. The minimum absolute atomic E-state index is 0.0520. The molecule has 5 nitrogen and oxygen atoms in total. The minimum Gasteiger partial charge on any atom is -0.332 e. The summed E-state index contributed by atoms with van der Waals surface area (Å²) in [6.45, 7) is 5.23. The fraction of sp³-hybridized carbons (Fsp3) is 0.375. The average Bonchev–Trinajstić information content (AvgIpc) is 3.24. The molecule has 0 atom stereocenters. The Kier molecular flexibility index (Phi) is 2.80. The van der Waals surface area contributed by atoms with Crippen LogP contribution >= 0.6 is 0 Å². The summed E-state index contributed by atoms with van der Waals surface area (Å²) in [6, 6.07) is 6.09. The summed E-state index contributed by atoms with van der Waals surface area (Å²) in [5.41, 5.74) is 4.71. The van der Waals surface area contributed by atoms with E-state index in [1.165, 1.54) is 18.4 Å². The van der Waals surface area contributed by atoms with Crippen molar-refractivity contribution in [2.75, 3.05) is 6.54 Å². The lowest BCUT2D eigenvalue weighted by Crippen LogP contribution is -2.36. The van der Waals surface area contributed by atoms with Gasteiger partial charge in [-0.15, -0.1) is 5.10 Å². The highest BCUT2D eigenvalue weighted by molar-refractivity contribution is 5.96. The largest absolute Gasteiger partial charge is 0.332 e. The predicted molar refractivity (Wildman–Crippen MR) is 77.7 cm³/mol. The third-order valence-corrected chi connectivity index (χ3v) is 4.38. The molecule has 0 unspecified atom stereocenters. The van der Waals surface area contributed by atoms with E-state index in [0.717, 1.165) is 28.9 Å². The van der Waals surface area contributed by atoms with Crippen molar-refractivity contribution < 1.29 is 4.79 Å². The Hall–Kier alpha value is -2.17. The van der Waals surface area contributed by atoms with Crippen LogP contribution in [0.2, 0.25) is 0 Å². The molecule has 21 heavy (non-hydrogen) atoms. The van der Waals surface area contributed by atoms with Gasteiger partial charge in [0.25, 0.3) is 5.91 Å². The van der Waals surface area contributed by atoms with Gasteiger partial charge in [-0.25, -0.2) is 0 Å². The fourth-order valence-corrected chi connectivity index (χ4v) is 2.91. The third kappa shape index (κ3) is 2.22. The number of aromatic nitrogens is 3. The van der Waals surface area contributed by atoms with E-state index in [0.29, 0.717) is 19.0 Å². The Balaban J connectivity index is 1.61. The molecule has 1 aromatic carbocycles. The van der Waals surface area contributed by atoms with Crippen molar-refractivity contribution in [2.45, 2.75) is 31.7 Å². The van der Waals surface area contributed by atoms with Gasteiger partial charge in [0.05, 0.1) is 12.2 Å². The second kappa shape index (κ2) is 4.69. The maximum atomic E-state index is 12.8. The summed E-state index contributed by atoms with van der Waals surface area (Å²) in [4.78, 5) is 14.6. The van der Waals surface area contributed by atoms with Crippen molar-refractivity contribution in [2.24, 2.45) is 0 Å². The van der Waals surface area contributed by atoms with Crippen molar-refractivity contribution in [3.05, 3.63) is 53.2 Å². The number of H-pyrrole nitrogens is 1. The van der Waals surface area contributed by atoms with Gasteiger partial charge in [0.15, 0.2) is 0 Å². The molecule has 1 N–H and O–H groups in total. The van der Waals surface area contributed by atoms with E-state index in [9.17, 15) is 4.79 Å². The Bertz CT molecular complexity index is 702. The first-order valence-electron chi connectivity index (χ1n) is 7.36. The van der Waals surface area contributed by atoms with E-state index < -0.39 is 0 Å². The minimum atomic E-state index is 0.0520. The number of nitrogens with one attached hydrogen (secondary N) is 1. The molecule has 107 valence electrons. The lowest BCUT2D eigenvalue weighted by Gasteiger charge is -2.26. The van der Waals surface area contributed by atoms with E-state index in [1.807, 2.05) is 17.0 Å². The van der Waals surface area contributed by atoms with Crippen LogP contribution in [0, 0.1) is 6.92 Å². The molecule has 2 aliphatic rings. The monoisotopic (exact) mass is 281 g/mol. The Morgan fingerprint density at radius 3 is 3.05 bits per heavy atom. The molecule has 0 saturated heterocycles. The number of nitrogens with zero attached hydrogens (tertiary/aromatic N) is 3. The number of carbonyl (C=O) groups excluding carboxylic acids is 1. The van der Waals surface area contributed by atoms with Crippen LogP contribution in [0.3, 0.4) is 0 Å². The van der Waals surface area contributed by atoms with Gasteiger partial charge in [0.2, 0.25) is 0 Å². The maximum absolute atomic E-state index is 12.8. The lowest BCUT2D eigenvalue weighted by atomic mass is 10.0. The Morgan fingerprint density at radius 2 is 2.24 bits per heavy atom. The van der Waals surface area contributed by atoms with Gasteiger partial charge in [0, 0.05) is 18.5 Å². The number of carbonyl (C=O) groups is 1. The Labute approximate surface area is 123 Å². The highest BCUT2D eigenvalue weighted by atomic mass is 16.2. The molecule has 1 amide bonds. The van der Waals surface area contributed by atoms with Crippen molar-refractivity contribution >= 4 is 5.91 Å². The summed E-state index contributed by atoms with van der Waals surface area (Å²) in [5, 5.41) is 10.7. The molecule has 4 rings (SSSR count). The van der Waals surface area contributed by atoms with Crippen LogP contribution in [0.5, 0.6) is 0 Å². The quantitative estimate of drug-likeness (QED) is 0.916. The first-order valence-corrected chi connectivity index (χ1v) is 7.36. The Morgan fingerprint density at radius 1 is 1.38 bits per heavy atom. The second-order valence-electron chi connectivity index (χ2n) is 5.90. The topological polar surface area (TPSA) is 61.9 Å². The number of fused-ring (bicyclic) bond motifs is 1. The van der Waals surface area contributed by atoms with Gasteiger partial charge < -0.3 is 4.90 Å². The standard InChI is InChI=1S/C16H17N4O/c1-10-2-3-12(11-4-5-11)8-13(10)16(21)20-7-6-14-15(9-20)18-19-17-14/h2-3,8,11H,1,4-7,9H2,(H,17,18,19). The van der Waals surface area contributed by atoms with Crippen LogP contribution in [0.25, 0.3) is 0 Å². The normalized spacial score (nSPS) is 17.7. The molecule has 1 aliphatic heterocycles. The van der Waals surface area contributed by atoms with Crippen molar-refractivity contribution in [1.82, 2.24) is 20.3 Å². The zero-order chi connectivity index (χ0) is 14.4. The average molecular weight is 281 g/mol. The van der Waals surface area contributed by atoms with Crippen molar-refractivity contribution in [3.8, 4) is 0 Å². The molecular weight excluding hydrogens is 264 g/mol. The van der Waals surface area contributed by atoms with E-state index >= 15 is 0 Å². The van der Waals surface area contributed by atoms with Gasteiger partial charge in [-0.3, -0.25) is 9.89 Å². The SMILES string of the molecule is [CH2]c1ccc(C2CC2)cc1C(=O)N1CCc2[nH]nnc2C1. The fourth-order valence-electron chi connectivity index (χ4n) is 2.91. The van der Waals surface area contributed by atoms with E-state index in [-0.39, 0.29) is 5.91 Å². The number of rotatable bonds is 2. The number of aromatic amines is 1. The van der Waals surface area contributed by atoms with Crippen LogP contribution in [0.1, 0.15) is 51.6 Å². The summed E-state index contributed by atoms with van der Waals surface area (Å²) in [7, 11) is 0. The van der Waals surface area contributed by atoms with E-state index in [2.05, 4.69) is 28.4 Å². The molecule has 1 fully saturated rings. The first kappa shape index (κ1) is 12.6. The summed E-state index contributed by atoms with van der Waals surface area (Å²) >= 11 is 0. The van der Waals surface area contributed by atoms with Gasteiger partial charge in [-0.1, -0.05) is 17.3 Å². The third-order valence-electron chi connectivity index (χ3n) is 4.38. The molecule has 1 radical (unpaired) electrons. The molecule has 1 saturated carbocycles. The number of amides is 1. The van der Waals surface area contributed by atoms with Gasteiger partial charge in [-0.2, -0.15) is 0 Å². The molecular formula is C16H17N4O. The molecule has 0 spiro atoms. The first-order chi connectivity index (χ1) is 10.2. The van der Waals surface area contributed by atoms with Crippen LogP contribution < -0.4 is 0 Å². The summed E-state index contributed by atoms with van der Waals surface area (Å²) in [6.07, 6.45) is 3.25. The summed E-state index contributed by atoms with van der Waals surface area (Å²) in [5.74, 6) is 0.691. The molecule has 2 heterocycles. The second-order valence-corrected chi connectivity index (χ2v) is 5.90. The molecule has 1 aliphatic carbocycles. The summed E-state index contributed by atoms with van der Waals surface area (Å²) < 4.78 is 0. The number of benzene rings is 1. The van der Waals surface area contributed by atoms with Crippen molar-refractivity contribution in [3.63, 3.8) is 0 Å². The van der Waals surface area contributed by atoms with Gasteiger partial charge in [-0.05, 0) is 42.9 Å². The van der Waals surface area contributed by atoms with E-state index in [4.69, 9.17) is 0 Å². The van der Waals surface area contributed by atoms with Crippen LogP contribution in [-0.4, -0.2) is 32.8 Å². The van der Waals surface area contributed by atoms with Crippen LogP contribution in [0.4, 0.5) is 0 Å². The highest BCUT2D eigenvalue weighted by Crippen LogP contribution is 2.40. The molecule has 1 aromatic heterocycles.